The second-order valence-corrected chi connectivity index (χ2v) is 4.96. The third-order valence-electron chi connectivity index (χ3n) is 3.08. The first-order chi connectivity index (χ1) is 12.4. The van der Waals surface area contributed by atoms with Crippen LogP contribution < -0.4 is 15.8 Å². The van der Waals surface area contributed by atoms with E-state index in [4.69, 9.17) is 0 Å². The number of nitro benzene ring substituents is 1. The Morgan fingerprint density at radius 2 is 2.00 bits per heavy atom. The van der Waals surface area contributed by atoms with Crippen molar-refractivity contribution in [1.29, 1.82) is 0 Å². The fraction of sp³-hybridized carbons (Fsp3) is 0.0625. The third kappa shape index (κ3) is 5.09. The number of amides is 2. The van der Waals surface area contributed by atoms with E-state index in [2.05, 4.69) is 15.8 Å². The van der Waals surface area contributed by atoms with Crippen molar-refractivity contribution in [2.75, 3.05) is 6.54 Å². The molecule has 2 aromatic rings. The molecule has 0 aromatic heterocycles. The smallest absolute Gasteiger partial charge is 0.278 e. The van der Waals surface area contributed by atoms with Crippen LogP contribution in [0.4, 0.5) is 10.1 Å². The van der Waals surface area contributed by atoms with E-state index in [1.807, 2.05) is 0 Å². The molecule has 2 N–H and O–H groups in total. The second kappa shape index (κ2) is 8.33. The van der Waals surface area contributed by atoms with E-state index in [9.17, 15) is 29.2 Å². The van der Waals surface area contributed by atoms with Gasteiger partial charge in [0.05, 0.1) is 23.2 Å². The molecule has 10 heteroatoms. The lowest BCUT2D eigenvalue weighted by Gasteiger charge is -2.06. The van der Waals surface area contributed by atoms with Gasteiger partial charge < -0.3 is 10.4 Å². The number of nitro groups is 1. The van der Waals surface area contributed by atoms with Crippen molar-refractivity contribution >= 4 is 23.7 Å². The summed E-state index contributed by atoms with van der Waals surface area (Å²) < 4.78 is 13.0. The normalized spacial score (nSPS) is 10.5. The molecule has 0 spiro atoms. The van der Waals surface area contributed by atoms with Gasteiger partial charge in [-0.25, -0.2) is 9.82 Å². The average Bonchev–Trinajstić information content (AvgIpc) is 2.59. The molecule has 2 rings (SSSR count). The zero-order chi connectivity index (χ0) is 19.1. The molecule has 0 fully saturated rings. The van der Waals surface area contributed by atoms with Gasteiger partial charge in [0.15, 0.2) is 0 Å². The minimum absolute atomic E-state index is 0.0455. The van der Waals surface area contributed by atoms with E-state index in [-0.39, 0.29) is 16.8 Å². The van der Waals surface area contributed by atoms with Gasteiger partial charge >= 0.3 is 0 Å². The average molecular weight is 359 g/mol. The summed E-state index contributed by atoms with van der Waals surface area (Å²) in [6.45, 7) is -0.448. The molecule has 0 aliphatic rings. The Bertz CT molecular complexity index is 885. The lowest BCUT2D eigenvalue weighted by molar-refractivity contribution is -0.385. The van der Waals surface area contributed by atoms with Crippen LogP contribution in [0.15, 0.2) is 47.6 Å². The third-order valence-corrected chi connectivity index (χ3v) is 3.08. The number of hydrogen-bond acceptors (Lipinski definition) is 6. The molecule has 0 aliphatic carbocycles. The highest BCUT2D eigenvalue weighted by molar-refractivity contribution is 5.96. The first kappa shape index (κ1) is 18.5. The van der Waals surface area contributed by atoms with Crippen LogP contribution in [0, 0.1) is 15.9 Å². The first-order valence-electron chi connectivity index (χ1n) is 7.18. The maximum absolute atomic E-state index is 13.0. The fourth-order valence-corrected chi connectivity index (χ4v) is 1.91. The van der Waals surface area contributed by atoms with Crippen LogP contribution in [0.3, 0.4) is 0 Å². The van der Waals surface area contributed by atoms with Gasteiger partial charge in [-0.1, -0.05) is 18.2 Å². The molecule has 0 saturated carbocycles. The van der Waals surface area contributed by atoms with Gasteiger partial charge in [0.2, 0.25) is 0 Å². The minimum Gasteiger partial charge on any atom is -0.872 e. The van der Waals surface area contributed by atoms with Gasteiger partial charge in [-0.15, -0.1) is 5.75 Å². The Morgan fingerprint density at radius 1 is 1.23 bits per heavy atom. The number of benzene rings is 2. The maximum Gasteiger partial charge on any atom is 0.278 e. The van der Waals surface area contributed by atoms with Gasteiger partial charge in [0, 0.05) is 11.6 Å². The van der Waals surface area contributed by atoms with E-state index in [0.29, 0.717) is 0 Å². The second-order valence-electron chi connectivity index (χ2n) is 4.96. The van der Waals surface area contributed by atoms with Crippen molar-refractivity contribution in [2.45, 2.75) is 0 Å². The van der Waals surface area contributed by atoms with Crippen molar-refractivity contribution in [3.05, 3.63) is 69.5 Å². The molecule has 0 unspecified atom stereocenters. The zero-order valence-electron chi connectivity index (χ0n) is 13.1. The summed E-state index contributed by atoms with van der Waals surface area (Å²) in [5.74, 6) is -2.41. The van der Waals surface area contributed by atoms with Crippen molar-refractivity contribution in [3.8, 4) is 5.75 Å². The SMILES string of the molecule is O=C(CNC(=O)c1cccc(F)c1)NN=Cc1cc([O-])ccc1[N+](=O)[O-]. The van der Waals surface area contributed by atoms with Crippen molar-refractivity contribution in [3.63, 3.8) is 0 Å². The van der Waals surface area contributed by atoms with Crippen molar-refractivity contribution < 1.29 is 24.0 Å². The summed E-state index contributed by atoms with van der Waals surface area (Å²) >= 11 is 0. The number of hydrazone groups is 1. The standard InChI is InChI=1S/C16H13FN4O5/c17-12-3-1-2-10(6-12)16(24)18-9-15(23)20-19-8-11-7-13(22)4-5-14(11)21(25)26/h1-8,22H,9H2,(H,18,24)(H,20,23)/p-1. The van der Waals surface area contributed by atoms with E-state index in [0.717, 1.165) is 30.5 Å². The molecule has 0 atom stereocenters. The lowest BCUT2D eigenvalue weighted by Crippen LogP contribution is -2.34. The summed E-state index contributed by atoms with van der Waals surface area (Å²) in [5.41, 5.74) is 1.67. The highest BCUT2D eigenvalue weighted by Crippen LogP contribution is 2.19. The molecule has 2 aromatic carbocycles. The molecule has 134 valence electrons. The minimum atomic E-state index is -0.716. The molecule has 0 heterocycles. The number of halogens is 1. The maximum atomic E-state index is 13.0. The van der Waals surface area contributed by atoms with Gasteiger partial charge in [0.25, 0.3) is 17.5 Å². The van der Waals surface area contributed by atoms with Crippen LogP contribution >= 0.6 is 0 Å². The Labute approximate surface area is 146 Å². The molecule has 9 nitrogen and oxygen atoms in total. The highest BCUT2D eigenvalue weighted by Gasteiger charge is 2.11. The van der Waals surface area contributed by atoms with Crippen LogP contribution in [0.5, 0.6) is 5.75 Å². The van der Waals surface area contributed by atoms with E-state index < -0.39 is 34.8 Å². The summed E-state index contributed by atoms with van der Waals surface area (Å²) in [6.07, 6.45) is 0.950. The van der Waals surface area contributed by atoms with Crippen LogP contribution in [0.1, 0.15) is 15.9 Å². The predicted molar refractivity (Wildman–Crippen MR) is 87.0 cm³/mol. The van der Waals surface area contributed by atoms with Crippen LogP contribution in [0.2, 0.25) is 0 Å². The van der Waals surface area contributed by atoms with E-state index in [1.54, 1.807) is 0 Å². The molecule has 0 bridgehead atoms. The largest absolute Gasteiger partial charge is 0.872 e. The molecule has 0 aliphatic heterocycles. The molecule has 2 amide bonds. The van der Waals surface area contributed by atoms with Gasteiger partial charge in [-0.2, -0.15) is 5.10 Å². The van der Waals surface area contributed by atoms with Crippen LogP contribution in [-0.2, 0) is 4.79 Å². The zero-order valence-corrected chi connectivity index (χ0v) is 13.1. The number of nitrogens with zero attached hydrogens (tertiary/aromatic N) is 2. The molecule has 0 saturated heterocycles. The quantitative estimate of drug-likeness (QED) is 0.444. The van der Waals surface area contributed by atoms with Crippen molar-refractivity contribution in [2.24, 2.45) is 5.10 Å². The molecule has 0 radical (unpaired) electrons. The monoisotopic (exact) mass is 359 g/mol. The first-order valence-corrected chi connectivity index (χ1v) is 7.18. The summed E-state index contributed by atoms with van der Waals surface area (Å²) in [5, 5.41) is 27.9. The number of hydrogen-bond donors (Lipinski definition) is 2. The topological polar surface area (TPSA) is 137 Å². The molecular formula is C16H12FN4O5-. The van der Waals surface area contributed by atoms with Gasteiger partial charge in [0.1, 0.15) is 5.82 Å². The lowest BCUT2D eigenvalue weighted by atomic mass is 10.2. The number of carbonyl (C=O) groups excluding carboxylic acids is 2. The number of nitrogens with one attached hydrogen (secondary N) is 2. The summed E-state index contributed by atoms with van der Waals surface area (Å²) in [6, 6.07) is 7.99. The Kier molecular flexibility index (Phi) is 5.93. The Balaban J connectivity index is 1.91. The van der Waals surface area contributed by atoms with Crippen molar-refractivity contribution in [1.82, 2.24) is 10.7 Å². The number of carbonyl (C=O) groups is 2. The Morgan fingerprint density at radius 3 is 2.69 bits per heavy atom. The van der Waals surface area contributed by atoms with Crippen LogP contribution in [0.25, 0.3) is 0 Å². The molecular weight excluding hydrogens is 347 g/mol. The van der Waals surface area contributed by atoms with E-state index in [1.165, 1.54) is 18.2 Å². The number of rotatable bonds is 6. The highest BCUT2D eigenvalue weighted by atomic mass is 19.1. The summed E-state index contributed by atoms with van der Waals surface area (Å²) in [7, 11) is 0. The Hall–Kier alpha value is -3.82. The van der Waals surface area contributed by atoms with E-state index >= 15 is 0 Å². The van der Waals surface area contributed by atoms with Gasteiger partial charge in [-0.3, -0.25) is 19.7 Å². The predicted octanol–water partition coefficient (Wildman–Crippen LogP) is 0.688. The van der Waals surface area contributed by atoms with Gasteiger partial charge in [-0.05, 0) is 18.2 Å². The molecule has 26 heavy (non-hydrogen) atoms. The van der Waals surface area contributed by atoms with Crippen LogP contribution in [-0.4, -0.2) is 29.5 Å². The summed E-state index contributed by atoms with van der Waals surface area (Å²) in [4.78, 5) is 33.5. The fourth-order valence-electron chi connectivity index (χ4n) is 1.91.